The molecule has 0 saturated heterocycles. The lowest BCUT2D eigenvalue weighted by Crippen LogP contribution is -2.43. The summed E-state index contributed by atoms with van der Waals surface area (Å²) in [5, 5.41) is 7.65. The zero-order chi connectivity index (χ0) is 26.1. The molecule has 0 aliphatic carbocycles. The van der Waals surface area contributed by atoms with Gasteiger partial charge in [0.05, 0.1) is 20.4 Å². The number of amides is 2. The van der Waals surface area contributed by atoms with Crippen LogP contribution in [0, 0.1) is 0 Å². The van der Waals surface area contributed by atoms with Crippen molar-refractivity contribution in [2.24, 2.45) is 5.10 Å². The number of benzene rings is 3. The van der Waals surface area contributed by atoms with Gasteiger partial charge >= 0.3 is 0 Å². The predicted molar refractivity (Wildman–Crippen MR) is 139 cm³/mol. The highest BCUT2D eigenvalue weighted by molar-refractivity contribution is 6.35. The van der Waals surface area contributed by atoms with Crippen LogP contribution in [0.5, 0.6) is 17.2 Å². The molecule has 0 aromatic heterocycles. The Morgan fingerprint density at radius 2 is 1.72 bits per heavy atom. The Balaban J connectivity index is 1.54. The first-order valence-electron chi connectivity index (χ1n) is 10.8. The molecule has 2 N–H and O–H groups in total. The molecule has 0 radical (unpaired) electrons. The first kappa shape index (κ1) is 26.8. The van der Waals surface area contributed by atoms with Crippen molar-refractivity contribution >= 4 is 41.2 Å². The van der Waals surface area contributed by atoms with Crippen LogP contribution < -0.4 is 25.0 Å². The summed E-state index contributed by atoms with van der Waals surface area (Å²) < 4.78 is 16.3. The Kier molecular flexibility index (Phi) is 9.55. The number of hydrogen-bond donors (Lipinski definition) is 2. The standard InChI is InChI=1S/C26H25Cl2N3O5/c1-16(30-26(33)18-6-9-21(34-2)10-7-18)25(32)31-29-14-17-4-11-23(24(12-17)35-3)36-15-19-5-8-20(27)13-22(19)28/h4-14,16H,15H2,1-3H3,(H,30,33)(H,31,32). The summed E-state index contributed by atoms with van der Waals surface area (Å²) in [7, 11) is 3.06. The summed E-state index contributed by atoms with van der Waals surface area (Å²) in [4.78, 5) is 24.6. The summed E-state index contributed by atoms with van der Waals surface area (Å²) in [6, 6.07) is 16.1. The van der Waals surface area contributed by atoms with E-state index in [-0.39, 0.29) is 12.5 Å². The van der Waals surface area contributed by atoms with Crippen molar-refractivity contribution in [2.75, 3.05) is 14.2 Å². The first-order valence-corrected chi connectivity index (χ1v) is 11.6. The lowest BCUT2D eigenvalue weighted by Gasteiger charge is -2.13. The topological polar surface area (TPSA) is 98.2 Å². The highest BCUT2D eigenvalue weighted by atomic mass is 35.5. The second kappa shape index (κ2) is 12.8. The Bertz CT molecular complexity index is 1250. The zero-order valence-electron chi connectivity index (χ0n) is 19.9. The average molecular weight is 530 g/mol. The van der Waals surface area contributed by atoms with Gasteiger partial charge < -0.3 is 19.5 Å². The Hall–Kier alpha value is -3.75. The van der Waals surface area contributed by atoms with Gasteiger partial charge in [0.15, 0.2) is 11.5 Å². The fourth-order valence-electron chi connectivity index (χ4n) is 3.03. The minimum absolute atomic E-state index is 0.232. The van der Waals surface area contributed by atoms with E-state index < -0.39 is 11.9 Å². The van der Waals surface area contributed by atoms with Gasteiger partial charge in [-0.1, -0.05) is 29.3 Å². The normalized spacial score (nSPS) is 11.6. The van der Waals surface area contributed by atoms with E-state index >= 15 is 0 Å². The maximum Gasteiger partial charge on any atom is 0.262 e. The molecule has 10 heteroatoms. The third kappa shape index (κ3) is 7.37. The van der Waals surface area contributed by atoms with Crippen LogP contribution in [0.2, 0.25) is 10.0 Å². The number of carbonyl (C=O) groups is 2. The second-order valence-corrected chi connectivity index (χ2v) is 8.44. The van der Waals surface area contributed by atoms with Gasteiger partial charge in [-0.3, -0.25) is 9.59 Å². The van der Waals surface area contributed by atoms with E-state index in [0.717, 1.165) is 5.56 Å². The van der Waals surface area contributed by atoms with Crippen LogP contribution >= 0.6 is 23.2 Å². The van der Waals surface area contributed by atoms with Crippen molar-refractivity contribution in [3.8, 4) is 17.2 Å². The van der Waals surface area contributed by atoms with Crippen molar-refractivity contribution in [2.45, 2.75) is 19.6 Å². The molecule has 8 nitrogen and oxygen atoms in total. The van der Waals surface area contributed by atoms with Gasteiger partial charge in [-0.25, -0.2) is 5.43 Å². The summed E-state index contributed by atoms with van der Waals surface area (Å²) in [5.74, 6) is 0.772. The fourth-order valence-corrected chi connectivity index (χ4v) is 3.50. The van der Waals surface area contributed by atoms with E-state index in [9.17, 15) is 9.59 Å². The quantitative estimate of drug-likeness (QED) is 0.288. The number of halogens is 2. The largest absolute Gasteiger partial charge is 0.497 e. The first-order chi connectivity index (χ1) is 17.3. The molecular formula is C26H25Cl2N3O5. The smallest absolute Gasteiger partial charge is 0.262 e. The van der Waals surface area contributed by atoms with Crippen molar-refractivity contribution < 1.29 is 23.8 Å². The minimum Gasteiger partial charge on any atom is -0.497 e. The summed E-state index contributed by atoms with van der Waals surface area (Å²) in [5.41, 5.74) is 4.27. The van der Waals surface area contributed by atoms with Crippen molar-refractivity contribution in [1.29, 1.82) is 0 Å². The molecule has 1 unspecified atom stereocenters. The molecule has 0 aliphatic heterocycles. The third-order valence-electron chi connectivity index (χ3n) is 5.07. The SMILES string of the molecule is COc1ccc(C(=O)NC(C)C(=O)NN=Cc2ccc(OCc3ccc(Cl)cc3Cl)c(OC)c2)cc1. The van der Waals surface area contributed by atoms with Gasteiger partial charge in [-0.05, 0) is 67.1 Å². The van der Waals surface area contributed by atoms with Crippen LogP contribution in [0.4, 0.5) is 0 Å². The van der Waals surface area contributed by atoms with E-state index in [1.807, 2.05) is 0 Å². The maximum atomic E-state index is 12.3. The molecule has 2 amide bonds. The van der Waals surface area contributed by atoms with Gasteiger partial charge in [0.2, 0.25) is 0 Å². The second-order valence-electron chi connectivity index (χ2n) is 7.59. The van der Waals surface area contributed by atoms with Gasteiger partial charge in [-0.2, -0.15) is 5.10 Å². The van der Waals surface area contributed by atoms with Crippen LogP contribution in [0.1, 0.15) is 28.4 Å². The number of nitrogens with zero attached hydrogens (tertiary/aromatic N) is 1. The van der Waals surface area contributed by atoms with E-state index in [0.29, 0.717) is 38.4 Å². The number of nitrogens with one attached hydrogen (secondary N) is 2. The molecule has 36 heavy (non-hydrogen) atoms. The molecule has 3 aromatic rings. The average Bonchev–Trinajstić information content (AvgIpc) is 2.88. The minimum atomic E-state index is -0.804. The lowest BCUT2D eigenvalue weighted by molar-refractivity contribution is -0.122. The van der Waals surface area contributed by atoms with Crippen LogP contribution in [0.25, 0.3) is 0 Å². The van der Waals surface area contributed by atoms with E-state index in [2.05, 4.69) is 15.8 Å². The van der Waals surface area contributed by atoms with Crippen LogP contribution in [-0.2, 0) is 11.4 Å². The summed E-state index contributed by atoms with van der Waals surface area (Å²) in [6.45, 7) is 1.80. The molecular weight excluding hydrogens is 505 g/mol. The zero-order valence-corrected chi connectivity index (χ0v) is 21.4. The molecule has 1 atom stereocenters. The van der Waals surface area contributed by atoms with Crippen molar-refractivity contribution in [3.05, 3.63) is 87.4 Å². The molecule has 0 heterocycles. The summed E-state index contributed by atoms with van der Waals surface area (Å²) >= 11 is 12.1. The number of hydrogen-bond acceptors (Lipinski definition) is 6. The third-order valence-corrected chi connectivity index (χ3v) is 5.65. The fraction of sp³-hybridized carbons (Fsp3) is 0.192. The van der Waals surface area contributed by atoms with Crippen LogP contribution in [0.3, 0.4) is 0 Å². The molecule has 0 spiro atoms. The van der Waals surface area contributed by atoms with E-state index in [1.165, 1.54) is 13.3 Å². The summed E-state index contributed by atoms with van der Waals surface area (Å²) in [6.07, 6.45) is 1.46. The Morgan fingerprint density at radius 1 is 0.972 bits per heavy atom. The molecule has 3 rings (SSSR count). The molecule has 0 bridgehead atoms. The van der Waals surface area contributed by atoms with Crippen LogP contribution in [0.15, 0.2) is 65.8 Å². The Morgan fingerprint density at radius 3 is 2.39 bits per heavy atom. The highest BCUT2D eigenvalue weighted by Gasteiger charge is 2.16. The molecule has 0 aliphatic rings. The monoisotopic (exact) mass is 529 g/mol. The van der Waals surface area contributed by atoms with Crippen LogP contribution in [-0.4, -0.2) is 38.3 Å². The number of rotatable bonds is 10. The van der Waals surface area contributed by atoms with Crippen molar-refractivity contribution in [1.82, 2.24) is 10.7 Å². The highest BCUT2D eigenvalue weighted by Crippen LogP contribution is 2.29. The predicted octanol–water partition coefficient (Wildman–Crippen LogP) is 4.86. The number of hydrazone groups is 1. The van der Waals surface area contributed by atoms with E-state index in [4.69, 9.17) is 37.4 Å². The maximum absolute atomic E-state index is 12.3. The lowest BCUT2D eigenvalue weighted by atomic mass is 10.2. The van der Waals surface area contributed by atoms with Gasteiger partial charge in [0.25, 0.3) is 11.8 Å². The van der Waals surface area contributed by atoms with Gasteiger partial charge in [0, 0.05) is 21.2 Å². The molecule has 0 saturated carbocycles. The number of ether oxygens (including phenoxy) is 3. The molecule has 188 valence electrons. The van der Waals surface area contributed by atoms with Gasteiger partial charge in [0.1, 0.15) is 18.4 Å². The number of carbonyl (C=O) groups excluding carboxylic acids is 2. The van der Waals surface area contributed by atoms with Crippen molar-refractivity contribution in [3.63, 3.8) is 0 Å². The molecule has 3 aromatic carbocycles. The van der Waals surface area contributed by atoms with E-state index in [1.54, 1.807) is 74.7 Å². The van der Waals surface area contributed by atoms with Gasteiger partial charge in [-0.15, -0.1) is 0 Å². The molecule has 0 fully saturated rings. The Labute approximate surface area is 219 Å². The number of methoxy groups -OCH3 is 2.